The molecule has 212 valence electrons. The molecular formula is C19H33NO14S2-2. The summed E-state index contributed by atoms with van der Waals surface area (Å²) in [5.74, 6) is -3.85. The van der Waals surface area contributed by atoms with Crippen LogP contribution in [-0.4, -0.2) is 111 Å². The first-order valence-corrected chi connectivity index (χ1v) is 14.0. The second-order valence-corrected chi connectivity index (χ2v) is 11.4. The second kappa shape index (κ2) is 12.7. The summed E-state index contributed by atoms with van der Waals surface area (Å²) in [6.07, 6.45) is -4.31. The predicted molar refractivity (Wildman–Crippen MR) is 117 cm³/mol. The monoisotopic (exact) mass is 563 g/mol. The molecule has 4 unspecified atom stereocenters. The highest BCUT2D eigenvalue weighted by Crippen LogP contribution is 2.36. The third-order valence-corrected chi connectivity index (χ3v) is 8.14. The normalized spacial score (nSPS) is 38.1. The molecule has 17 heteroatoms. The number of nitrogens with one attached hydrogen (secondary N) is 1. The first kappa shape index (κ1) is 31.2. The van der Waals surface area contributed by atoms with Crippen molar-refractivity contribution >= 4 is 26.7 Å². The molecule has 2 heterocycles. The molecule has 4 N–H and O–H groups in total. The topological polar surface area (TPSA) is 241 Å². The summed E-state index contributed by atoms with van der Waals surface area (Å²) in [5.41, 5.74) is 0. The highest BCUT2D eigenvalue weighted by Gasteiger charge is 2.46. The predicted octanol–water partition coefficient (Wildman–Crippen LogP) is -2.36. The van der Waals surface area contributed by atoms with Crippen LogP contribution in [0.3, 0.4) is 0 Å². The zero-order chi connectivity index (χ0) is 27.4. The first-order valence-electron chi connectivity index (χ1n) is 11.3. The standard InChI is InChI=1S/C19H35NO14S2/c1-9-10(2)15(34-18(19(23)24)12(9)4-21)7-31-6-13-11(3)17(20-35(25,26)27)14(5-22)33-16(13)8-32-36(28,29)30/h9-18,20-22H,4-8H2,1-3H3,(H,23,24)(H,25,26,27)(H,28,29,30)/p-2/t9-,10?,11+,12-,13-,14+,15-,16?,17?,18?/m0/s1. The molecule has 2 fully saturated rings. The van der Waals surface area contributed by atoms with Crippen molar-refractivity contribution in [3.05, 3.63) is 0 Å². The number of rotatable bonds is 12. The molecule has 0 amide bonds. The van der Waals surface area contributed by atoms with Crippen molar-refractivity contribution in [1.82, 2.24) is 4.72 Å². The van der Waals surface area contributed by atoms with Crippen LogP contribution in [0.5, 0.6) is 0 Å². The van der Waals surface area contributed by atoms with Crippen molar-refractivity contribution in [3.63, 3.8) is 0 Å². The molecule has 2 aliphatic heterocycles. The van der Waals surface area contributed by atoms with E-state index < -0.39 is 88.1 Å². The second-order valence-electron chi connectivity index (χ2n) is 9.24. The largest absolute Gasteiger partial charge is 0.735 e. The summed E-state index contributed by atoms with van der Waals surface area (Å²) in [7, 11) is -10.0. The first-order chi connectivity index (χ1) is 16.6. The number of carboxylic acids is 1. The fraction of sp³-hybridized carbons (Fsp3) is 0.947. The minimum Gasteiger partial charge on any atom is -0.735 e. The van der Waals surface area contributed by atoms with E-state index in [0.29, 0.717) is 0 Å². The third kappa shape index (κ3) is 8.26. The molecule has 2 aliphatic rings. The maximum absolute atomic E-state index is 11.6. The van der Waals surface area contributed by atoms with E-state index in [4.69, 9.17) is 14.2 Å². The molecule has 0 aliphatic carbocycles. The quantitative estimate of drug-likeness (QED) is 0.143. The van der Waals surface area contributed by atoms with Crippen LogP contribution in [0.2, 0.25) is 0 Å². The van der Waals surface area contributed by atoms with Gasteiger partial charge in [0.1, 0.15) is 0 Å². The molecule has 36 heavy (non-hydrogen) atoms. The van der Waals surface area contributed by atoms with Gasteiger partial charge < -0.3 is 38.6 Å². The minimum atomic E-state index is -5.09. The number of ether oxygens (including phenoxy) is 3. The van der Waals surface area contributed by atoms with Crippen molar-refractivity contribution in [2.75, 3.05) is 33.0 Å². The SMILES string of the molecule is CC1[C@H](COC[C@@H]2C(COS(=O)(=O)[O-])O[C@H](CO)C(NS(=O)(=O)[O-])[C@@H]2C)OC(C(=O)O)[C@@H](CO)[C@H]1C. The molecule has 0 bridgehead atoms. The molecule has 0 spiro atoms. The van der Waals surface area contributed by atoms with Gasteiger partial charge in [0.25, 0.3) is 0 Å². The van der Waals surface area contributed by atoms with Gasteiger partial charge in [-0.1, -0.05) is 20.8 Å². The van der Waals surface area contributed by atoms with Gasteiger partial charge in [-0.15, -0.1) is 0 Å². The van der Waals surface area contributed by atoms with E-state index in [9.17, 15) is 46.1 Å². The average Bonchev–Trinajstić information content (AvgIpc) is 2.76. The van der Waals surface area contributed by atoms with Crippen molar-refractivity contribution in [1.29, 1.82) is 0 Å². The van der Waals surface area contributed by atoms with Crippen LogP contribution in [0.1, 0.15) is 20.8 Å². The van der Waals surface area contributed by atoms with Gasteiger partial charge in [0, 0.05) is 18.4 Å². The van der Waals surface area contributed by atoms with E-state index in [2.05, 4.69) is 4.18 Å². The zero-order valence-electron chi connectivity index (χ0n) is 20.0. The summed E-state index contributed by atoms with van der Waals surface area (Å²) in [4.78, 5) is 11.6. The van der Waals surface area contributed by atoms with Gasteiger partial charge >= 0.3 is 5.97 Å². The lowest BCUT2D eigenvalue weighted by Gasteiger charge is -2.46. The molecule has 0 aromatic carbocycles. The Balaban J connectivity index is 2.17. The Bertz CT molecular complexity index is 942. The van der Waals surface area contributed by atoms with E-state index in [1.54, 1.807) is 6.92 Å². The number of carbonyl (C=O) groups is 1. The van der Waals surface area contributed by atoms with Crippen LogP contribution in [0.4, 0.5) is 0 Å². The van der Waals surface area contributed by atoms with E-state index in [1.165, 1.54) is 6.92 Å². The molecule has 0 aromatic heterocycles. The van der Waals surface area contributed by atoms with Crippen molar-refractivity contribution in [2.24, 2.45) is 29.6 Å². The van der Waals surface area contributed by atoms with Gasteiger partial charge in [0.15, 0.2) is 16.4 Å². The van der Waals surface area contributed by atoms with Crippen LogP contribution in [0.25, 0.3) is 0 Å². The van der Waals surface area contributed by atoms with Gasteiger partial charge in [-0.25, -0.2) is 26.4 Å². The number of aliphatic carboxylic acids is 1. The van der Waals surface area contributed by atoms with E-state index in [0.717, 1.165) is 0 Å². The van der Waals surface area contributed by atoms with Crippen molar-refractivity contribution < 1.29 is 64.4 Å². The van der Waals surface area contributed by atoms with Crippen LogP contribution in [0, 0.1) is 29.6 Å². The summed E-state index contributed by atoms with van der Waals surface area (Å²) in [6, 6.07) is -1.20. The Morgan fingerprint density at radius 2 is 1.50 bits per heavy atom. The highest BCUT2D eigenvalue weighted by atomic mass is 32.3. The Labute approximate surface area is 209 Å². The maximum Gasteiger partial charge on any atom is 0.333 e. The van der Waals surface area contributed by atoms with Crippen LogP contribution in [-0.2, 0) is 43.9 Å². The fourth-order valence-corrected chi connectivity index (χ4v) is 5.87. The Hall–Kier alpha value is -0.990. The third-order valence-electron chi connectivity index (χ3n) is 7.15. The average molecular weight is 564 g/mol. The van der Waals surface area contributed by atoms with Crippen LogP contribution in [0.15, 0.2) is 0 Å². The van der Waals surface area contributed by atoms with Gasteiger partial charge in [-0.3, -0.25) is 4.18 Å². The van der Waals surface area contributed by atoms with Gasteiger partial charge in [0.05, 0.1) is 50.8 Å². The number of carboxylic acid groups (broad SMARTS) is 1. The number of aliphatic hydroxyl groups excluding tert-OH is 2. The van der Waals surface area contributed by atoms with E-state index in [-0.39, 0.29) is 31.7 Å². The Kier molecular flexibility index (Phi) is 11.0. The highest BCUT2D eigenvalue weighted by molar-refractivity contribution is 7.83. The molecule has 0 saturated carbocycles. The lowest BCUT2D eigenvalue weighted by Crippen LogP contribution is -2.60. The van der Waals surface area contributed by atoms with Crippen molar-refractivity contribution in [2.45, 2.75) is 51.2 Å². The summed E-state index contributed by atoms with van der Waals surface area (Å²) in [6.45, 7) is 2.97. The van der Waals surface area contributed by atoms with Gasteiger partial charge in [-0.05, 0) is 17.8 Å². The maximum atomic E-state index is 11.6. The van der Waals surface area contributed by atoms with Crippen molar-refractivity contribution in [3.8, 4) is 0 Å². The summed E-state index contributed by atoms with van der Waals surface area (Å²) in [5, 5.41) is 28.7. The lowest BCUT2D eigenvalue weighted by molar-refractivity contribution is -0.198. The number of aliphatic hydroxyl groups is 2. The fourth-order valence-electron chi connectivity index (χ4n) is 4.86. The number of hydrogen-bond donors (Lipinski definition) is 4. The number of hydrogen-bond acceptors (Lipinski definition) is 13. The molecule has 15 nitrogen and oxygen atoms in total. The van der Waals surface area contributed by atoms with Gasteiger partial charge in [-0.2, -0.15) is 0 Å². The lowest BCUT2D eigenvalue weighted by atomic mass is 9.76. The minimum absolute atomic E-state index is 0.106. The molecule has 2 saturated heterocycles. The molecule has 2 rings (SSSR count). The van der Waals surface area contributed by atoms with Crippen LogP contribution < -0.4 is 4.72 Å². The molecular weight excluding hydrogens is 530 g/mol. The van der Waals surface area contributed by atoms with Crippen LogP contribution >= 0.6 is 0 Å². The van der Waals surface area contributed by atoms with E-state index in [1.807, 2.05) is 11.6 Å². The van der Waals surface area contributed by atoms with Gasteiger partial charge in [0.2, 0.25) is 10.4 Å². The Morgan fingerprint density at radius 3 is 2.00 bits per heavy atom. The Morgan fingerprint density at radius 1 is 0.861 bits per heavy atom. The molecule has 0 radical (unpaired) electrons. The molecule has 0 aromatic rings. The zero-order valence-corrected chi connectivity index (χ0v) is 21.6. The smallest absolute Gasteiger partial charge is 0.333 e. The van der Waals surface area contributed by atoms with E-state index >= 15 is 0 Å². The molecule has 10 atom stereocenters. The summed E-state index contributed by atoms with van der Waals surface area (Å²) >= 11 is 0. The summed E-state index contributed by atoms with van der Waals surface area (Å²) < 4.78 is 90.0.